The number of H-pyrrole nitrogens is 1. The van der Waals surface area contributed by atoms with E-state index < -0.39 is 11.7 Å². The molecule has 0 bridgehead atoms. The summed E-state index contributed by atoms with van der Waals surface area (Å²) in [5.74, 6) is -1.07. The van der Waals surface area contributed by atoms with Crippen LogP contribution in [0, 0.1) is 5.82 Å². The third-order valence-electron chi connectivity index (χ3n) is 4.05. The van der Waals surface area contributed by atoms with Crippen LogP contribution < -0.4 is 5.32 Å². The molecule has 3 aromatic heterocycles. The maximum absolute atomic E-state index is 14.4. The van der Waals surface area contributed by atoms with Crippen LogP contribution in [0.25, 0.3) is 23.1 Å². The molecule has 1 amide bonds. The lowest BCUT2D eigenvalue weighted by Gasteiger charge is -2.06. The topological polar surface area (TPSA) is 70.7 Å². The van der Waals surface area contributed by atoms with Crippen LogP contribution in [0.4, 0.5) is 4.39 Å². The van der Waals surface area contributed by atoms with Gasteiger partial charge in [-0.3, -0.25) is 14.9 Å². The Bertz CT molecular complexity index is 1100. The zero-order chi connectivity index (χ0) is 18.6. The van der Waals surface area contributed by atoms with E-state index in [-0.39, 0.29) is 12.1 Å². The van der Waals surface area contributed by atoms with Gasteiger partial charge < -0.3 is 5.32 Å². The molecule has 7 heteroatoms. The number of aromatic nitrogens is 3. The maximum Gasteiger partial charge on any atom is 0.254 e. The number of nitrogens with one attached hydrogen (secondary N) is 2. The second-order valence-electron chi connectivity index (χ2n) is 5.88. The van der Waals surface area contributed by atoms with Crippen molar-refractivity contribution in [2.24, 2.45) is 0 Å². The van der Waals surface area contributed by atoms with Crippen LogP contribution in [0.1, 0.15) is 26.5 Å². The summed E-state index contributed by atoms with van der Waals surface area (Å²) < 4.78 is 14.4. The SMILES string of the molecule is O=C(NCc1cccnc1)c1cc2c(C=Cc3cccs3)n[nH]c2cc1F. The van der Waals surface area contributed by atoms with Crippen molar-refractivity contribution in [3.8, 4) is 0 Å². The Morgan fingerprint density at radius 1 is 1.26 bits per heavy atom. The number of amides is 1. The Morgan fingerprint density at radius 3 is 2.96 bits per heavy atom. The molecule has 0 saturated carbocycles. The fourth-order valence-corrected chi connectivity index (χ4v) is 3.30. The standard InChI is InChI=1S/C20H15FN4OS/c21-17-10-19-16(18(24-25-19)6-5-14-4-2-8-27-14)9-15(17)20(26)23-12-13-3-1-7-22-11-13/h1-11H,12H2,(H,23,26)(H,24,25). The molecule has 0 radical (unpaired) electrons. The first kappa shape index (κ1) is 17.1. The molecule has 2 N–H and O–H groups in total. The van der Waals surface area contributed by atoms with Gasteiger partial charge in [0.25, 0.3) is 5.91 Å². The number of rotatable bonds is 5. The van der Waals surface area contributed by atoms with Crippen molar-refractivity contribution in [1.29, 1.82) is 0 Å². The van der Waals surface area contributed by atoms with Gasteiger partial charge in [0.05, 0.1) is 16.8 Å². The Labute approximate surface area is 158 Å². The van der Waals surface area contributed by atoms with Crippen LogP contribution in [0.15, 0.2) is 54.2 Å². The van der Waals surface area contributed by atoms with Gasteiger partial charge in [-0.2, -0.15) is 5.10 Å². The molecular weight excluding hydrogens is 363 g/mol. The smallest absolute Gasteiger partial charge is 0.254 e. The van der Waals surface area contributed by atoms with Crippen molar-refractivity contribution < 1.29 is 9.18 Å². The van der Waals surface area contributed by atoms with Gasteiger partial charge in [0.1, 0.15) is 5.82 Å². The highest BCUT2D eigenvalue weighted by Crippen LogP contribution is 2.23. The lowest BCUT2D eigenvalue weighted by molar-refractivity contribution is 0.0947. The molecule has 134 valence electrons. The Morgan fingerprint density at radius 2 is 2.19 bits per heavy atom. The fraction of sp³-hybridized carbons (Fsp3) is 0.0500. The number of nitrogens with zero attached hydrogens (tertiary/aromatic N) is 2. The van der Waals surface area contributed by atoms with Crippen molar-refractivity contribution in [2.75, 3.05) is 0 Å². The molecule has 0 aliphatic rings. The maximum atomic E-state index is 14.4. The zero-order valence-electron chi connectivity index (χ0n) is 14.1. The number of aromatic amines is 1. The molecule has 0 spiro atoms. The highest BCUT2D eigenvalue weighted by atomic mass is 32.1. The predicted octanol–water partition coefficient (Wildman–Crippen LogP) is 4.26. The van der Waals surface area contributed by atoms with E-state index >= 15 is 0 Å². The van der Waals surface area contributed by atoms with E-state index in [4.69, 9.17) is 0 Å². The fourth-order valence-electron chi connectivity index (χ4n) is 2.69. The molecule has 0 atom stereocenters. The van der Waals surface area contributed by atoms with Crippen molar-refractivity contribution in [1.82, 2.24) is 20.5 Å². The first-order valence-electron chi connectivity index (χ1n) is 8.27. The van der Waals surface area contributed by atoms with Crippen molar-refractivity contribution in [3.05, 3.63) is 81.7 Å². The lowest BCUT2D eigenvalue weighted by atomic mass is 10.1. The van der Waals surface area contributed by atoms with Crippen LogP contribution in [0.3, 0.4) is 0 Å². The molecule has 0 aliphatic carbocycles. The lowest BCUT2D eigenvalue weighted by Crippen LogP contribution is -2.23. The van der Waals surface area contributed by atoms with Gasteiger partial charge >= 0.3 is 0 Å². The average molecular weight is 378 g/mol. The summed E-state index contributed by atoms with van der Waals surface area (Å²) in [5, 5.41) is 12.4. The summed E-state index contributed by atoms with van der Waals surface area (Å²) in [6.07, 6.45) is 7.10. The van der Waals surface area contributed by atoms with Gasteiger partial charge in [0.2, 0.25) is 0 Å². The number of hydrogen-bond donors (Lipinski definition) is 2. The number of thiophene rings is 1. The molecule has 5 nitrogen and oxygen atoms in total. The van der Waals surface area contributed by atoms with E-state index in [9.17, 15) is 9.18 Å². The summed E-state index contributed by atoms with van der Waals surface area (Å²) >= 11 is 1.61. The number of hydrogen-bond acceptors (Lipinski definition) is 4. The molecule has 27 heavy (non-hydrogen) atoms. The molecule has 0 aliphatic heterocycles. The summed E-state index contributed by atoms with van der Waals surface area (Å²) in [5.41, 5.74) is 2.02. The summed E-state index contributed by atoms with van der Waals surface area (Å²) in [7, 11) is 0. The number of fused-ring (bicyclic) bond motifs is 1. The minimum Gasteiger partial charge on any atom is -0.348 e. The van der Waals surface area contributed by atoms with E-state index in [1.165, 1.54) is 12.1 Å². The van der Waals surface area contributed by atoms with Gasteiger partial charge in [0, 0.05) is 35.3 Å². The van der Waals surface area contributed by atoms with Crippen molar-refractivity contribution >= 4 is 40.3 Å². The largest absolute Gasteiger partial charge is 0.348 e. The normalized spacial score (nSPS) is 11.3. The second-order valence-corrected chi connectivity index (χ2v) is 6.86. The summed E-state index contributed by atoms with van der Waals surface area (Å²) in [6, 6.07) is 10.4. The minimum atomic E-state index is -0.594. The first-order valence-corrected chi connectivity index (χ1v) is 9.15. The molecule has 1 aromatic carbocycles. The second kappa shape index (κ2) is 7.51. The van der Waals surface area contributed by atoms with Gasteiger partial charge in [-0.05, 0) is 41.3 Å². The zero-order valence-corrected chi connectivity index (χ0v) is 15.0. The molecule has 3 heterocycles. The van der Waals surface area contributed by atoms with E-state index in [1.54, 1.807) is 29.8 Å². The van der Waals surface area contributed by atoms with Crippen LogP contribution in [-0.2, 0) is 6.54 Å². The number of halogens is 1. The minimum absolute atomic E-state index is 0.0152. The summed E-state index contributed by atoms with van der Waals surface area (Å²) in [4.78, 5) is 17.5. The van der Waals surface area contributed by atoms with E-state index in [0.717, 1.165) is 10.4 Å². The molecular formula is C20H15FN4OS. The first-order chi connectivity index (χ1) is 13.2. The highest BCUT2D eigenvalue weighted by Gasteiger charge is 2.15. The molecule has 0 fully saturated rings. The number of pyridine rings is 1. The summed E-state index contributed by atoms with van der Waals surface area (Å²) in [6.45, 7) is 0.278. The van der Waals surface area contributed by atoms with Gasteiger partial charge in [-0.25, -0.2) is 4.39 Å². The van der Waals surface area contributed by atoms with E-state index in [0.29, 0.717) is 16.6 Å². The number of carbonyl (C=O) groups excluding carboxylic acids is 1. The average Bonchev–Trinajstić information content (AvgIpc) is 3.34. The Hall–Kier alpha value is -3.32. The van der Waals surface area contributed by atoms with E-state index in [1.807, 2.05) is 35.7 Å². The van der Waals surface area contributed by atoms with Gasteiger partial charge in [0.15, 0.2) is 0 Å². The van der Waals surface area contributed by atoms with Crippen LogP contribution in [-0.4, -0.2) is 21.1 Å². The number of carbonyl (C=O) groups is 1. The molecule has 4 rings (SSSR count). The third kappa shape index (κ3) is 3.78. The highest BCUT2D eigenvalue weighted by molar-refractivity contribution is 7.10. The van der Waals surface area contributed by atoms with Gasteiger partial charge in [-0.1, -0.05) is 12.1 Å². The monoisotopic (exact) mass is 378 g/mol. The van der Waals surface area contributed by atoms with Gasteiger partial charge in [-0.15, -0.1) is 11.3 Å². The number of benzene rings is 1. The predicted molar refractivity (Wildman–Crippen MR) is 105 cm³/mol. The quantitative estimate of drug-likeness (QED) is 0.545. The third-order valence-corrected chi connectivity index (χ3v) is 4.89. The van der Waals surface area contributed by atoms with Crippen molar-refractivity contribution in [3.63, 3.8) is 0 Å². The van der Waals surface area contributed by atoms with E-state index in [2.05, 4.69) is 20.5 Å². The molecule has 4 aromatic rings. The molecule has 0 saturated heterocycles. The van der Waals surface area contributed by atoms with Crippen LogP contribution >= 0.6 is 11.3 Å². The van der Waals surface area contributed by atoms with Crippen LogP contribution in [0.2, 0.25) is 0 Å². The van der Waals surface area contributed by atoms with Crippen LogP contribution in [0.5, 0.6) is 0 Å². The van der Waals surface area contributed by atoms with Crippen molar-refractivity contribution in [2.45, 2.75) is 6.54 Å². The molecule has 0 unspecified atom stereocenters. The Balaban J connectivity index is 1.59. The Kier molecular flexibility index (Phi) is 4.76.